The van der Waals surface area contributed by atoms with Gasteiger partial charge < -0.3 is 10.0 Å². The van der Waals surface area contributed by atoms with Crippen molar-refractivity contribution in [3.8, 4) is 0 Å². The average molecular weight is 329 g/mol. The molecule has 1 rings (SSSR count). The van der Waals surface area contributed by atoms with Crippen molar-refractivity contribution in [2.75, 3.05) is 6.54 Å². The van der Waals surface area contributed by atoms with E-state index in [1.54, 1.807) is 6.07 Å². The summed E-state index contributed by atoms with van der Waals surface area (Å²) in [6, 6.07) is 7.21. The monoisotopic (exact) mass is 329 g/mol. The second-order valence-corrected chi connectivity index (χ2v) is 4.92. The van der Waals surface area contributed by atoms with E-state index in [1.165, 1.54) is 24.3 Å². The van der Waals surface area contributed by atoms with Gasteiger partial charge in [0.25, 0.3) is 0 Å². The predicted molar refractivity (Wildman–Crippen MR) is 64.6 cm³/mol. The molecule has 0 aliphatic carbocycles. The normalized spacial score (nSPS) is 15.3. The van der Waals surface area contributed by atoms with E-state index in [2.05, 4.69) is 0 Å². The van der Waals surface area contributed by atoms with Crippen molar-refractivity contribution < 1.29 is 36.2 Å². The number of benzene rings is 1. The first-order valence-electron chi connectivity index (χ1n) is 6.04. The Labute approximate surface area is 122 Å². The molecule has 0 saturated heterocycles. The summed E-state index contributed by atoms with van der Waals surface area (Å²) in [5.41, 5.74) is -3.25. The molecule has 0 spiro atoms. The molecular formula is C13H13F6NO2. The van der Waals surface area contributed by atoms with Crippen LogP contribution in [-0.4, -0.2) is 40.4 Å². The standard InChI is InChI=1S/C13H13F6NO2/c1-11(22,13(17,18)19)8-20(10(21)12(14,15)16)7-9-5-3-2-4-6-9/h2-6,22H,7-8H2,1H3. The minimum Gasteiger partial charge on any atom is -0.379 e. The summed E-state index contributed by atoms with van der Waals surface area (Å²) in [6.07, 6.45) is -10.5. The summed E-state index contributed by atoms with van der Waals surface area (Å²) < 4.78 is 75.4. The van der Waals surface area contributed by atoms with Crippen LogP contribution < -0.4 is 0 Å². The molecule has 3 nitrogen and oxygen atoms in total. The molecule has 0 heterocycles. The number of amides is 1. The molecule has 9 heteroatoms. The molecule has 124 valence electrons. The van der Waals surface area contributed by atoms with Gasteiger partial charge in [0.05, 0.1) is 6.54 Å². The van der Waals surface area contributed by atoms with Crippen LogP contribution in [0.5, 0.6) is 0 Å². The fraction of sp³-hybridized carbons (Fsp3) is 0.462. The zero-order valence-electron chi connectivity index (χ0n) is 11.4. The zero-order valence-corrected chi connectivity index (χ0v) is 11.4. The van der Waals surface area contributed by atoms with E-state index < -0.39 is 37.0 Å². The van der Waals surface area contributed by atoms with Crippen LogP contribution in [0.1, 0.15) is 12.5 Å². The van der Waals surface area contributed by atoms with Gasteiger partial charge >= 0.3 is 18.3 Å². The van der Waals surface area contributed by atoms with Crippen LogP contribution in [0, 0.1) is 0 Å². The van der Waals surface area contributed by atoms with Crippen molar-refractivity contribution in [1.82, 2.24) is 4.90 Å². The van der Waals surface area contributed by atoms with Crippen LogP contribution in [0.2, 0.25) is 0 Å². The molecule has 0 fully saturated rings. The van der Waals surface area contributed by atoms with Crippen molar-refractivity contribution >= 4 is 5.91 Å². The lowest BCUT2D eigenvalue weighted by Gasteiger charge is -2.33. The van der Waals surface area contributed by atoms with Crippen molar-refractivity contribution in [1.29, 1.82) is 0 Å². The molecule has 1 unspecified atom stereocenters. The number of carbonyl (C=O) groups excluding carboxylic acids is 1. The lowest BCUT2D eigenvalue weighted by atomic mass is 10.1. The van der Waals surface area contributed by atoms with Crippen LogP contribution in [0.4, 0.5) is 26.3 Å². The lowest BCUT2D eigenvalue weighted by Crippen LogP contribution is -2.54. The molecule has 0 radical (unpaired) electrons. The van der Waals surface area contributed by atoms with E-state index in [-0.39, 0.29) is 10.5 Å². The maximum Gasteiger partial charge on any atom is 0.471 e. The summed E-state index contributed by atoms with van der Waals surface area (Å²) in [5.74, 6) is -2.44. The van der Waals surface area contributed by atoms with Gasteiger partial charge in [0.2, 0.25) is 0 Å². The number of hydrogen-bond donors (Lipinski definition) is 1. The maximum absolute atomic E-state index is 12.6. The van der Waals surface area contributed by atoms with Crippen LogP contribution in [0.15, 0.2) is 30.3 Å². The fourth-order valence-corrected chi connectivity index (χ4v) is 1.64. The fourth-order valence-electron chi connectivity index (χ4n) is 1.64. The topological polar surface area (TPSA) is 40.5 Å². The Kier molecular flexibility index (Phi) is 5.11. The van der Waals surface area contributed by atoms with E-state index in [0.29, 0.717) is 6.92 Å². The highest BCUT2D eigenvalue weighted by Crippen LogP contribution is 2.32. The predicted octanol–water partition coefficient (Wildman–Crippen LogP) is 2.89. The summed E-state index contributed by atoms with van der Waals surface area (Å²) in [5, 5.41) is 9.33. The summed E-state index contributed by atoms with van der Waals surface area (Å²) in [6.45, 7) is -1.91. The van der Waals surface area contributed by atoms with Gasteiger partial charge in [-0.25, -0.2) is 0 Å². The van der Waals surface area contributed by atoms with Crippen molar-refractivity contribution in [2.45, 2.75) is 31.4 Å². The Morgan fingerprint density at radius 3 is 2.00 bits per heavy atom. The van der Waals surface area contributed by atoms with E-state index in [0.717, 1.165) is 0 Å². The Morgan fingerprint density at radius 2 is 1.59 bits per heavy atom. The minimum absolute atomic E-state index is 0.0666. The highest BCUT2D eigenvalue weighted by molar-refractivity contribution is 5.82. The quantitative estimate of drug-likeness (QED) is 0.863. The number of nitrogens with zero attached hydrogens (tertiary/aromatic N) is 1. The van der Waals surface area contributed by atoms with Gasteiger partial charge in [-0.15, -0.1) is 0 Å². The third-order valence-electron chi connectivity index (χ3n) is 2.86. The van der Waals surface area contributed by atoms with Crippen molar-refractivity contribution in [2.24, 2.45) is 0 Å². The van der Waals surface area contributed by atoms with E-state index >= 15 is 0 Å². The zero-order chi connectivity index (χ0) is 17.2. The molecular weight excluding hydrogens is 316 g/mol. The van der Waals surface area contributed by atoms with Gasteiger partial charge in [-0.05, 0) is 12.5 Å². The molecule has 1 aromatic carbocycles. The number of alkyl halides is 6. The summed E-state index contributed by atoms with van der Waals surface area (Å²) in [4.78, 5) is 11.2. The average Bonchev–Trinajstić information content (AvgIpc) is 2.35. The number of hydrogen-bond acceptors (Lipinski definition) is 2. The van der Waals surface area contributed by atoms with Crippen molar-refractivity contribution in [3.05, 3.63) is 35.9 Å². The molecule has 0 aliphatic rings. The molecule has 1 atom stereocenters. The molecule has 1 N–H and O–H groups in total. The maximum atomic E-state index is 12.6. The van der Waals surface area contributed by atoms with Crippen LogP contribution in [-0.2, 0) is 11.3 Å². The number of aliphatic hydroxyl groups is 1. The molecule has 22 heavy (non-hydrogen) atoms. The second-order valence-electron chi connectivity index (χ2n) is 4.92. The minimum atomic E-state index is -5.34. The molecule has 0 aliphatic heterocycles. The largest absolute Gasteiger partial charge is 0.471 e. The lowest BCUT2D eigenvalue weighted by molar-refractivity contribution is -0.259. The van der Waals surface area contributed by atoms with Crippen LogP contribution >= 0.6 is 0 Å². The Morgan fingerprint density at radius 1 is 1.09 bits per heavy atom. The van der Waals surface area contributed by atoms with Crippen molar-refractivity contribution in [3.63, 3.8) is 0 Å². The van der Waals surface area contributed by atoms with Crippen LogP contribution in [0.3, 0.4) is 0 Å². The number of rotatable bonds is 4. The summed E-state index contributed by atoms with van der Waals surface area (Å²) in [7, 11) is 0. The SMILES string of the molecule is CC(O)(CN(Cc1ccccc1)C(=O)C(F)(F)F)C(F)(F)F. The summed E-state index contributed by atoms with van der Waals surface area (Å²) >= 11 is 0. The van der Waals surface area contributed by atoms with E-state index in [1.807, 2.05) is 0 Å². The van der Waals surface area contributed by atoms with Gasteiger partial charge in [-0.1, -0.05) is 30.3 Å². The van der Waals surface area contributed by atoms with Gasteiger partial charge in [-0.3, -0.25) is 4.79 Å². The Hall–Kier alpha value is -1.77. The Balaban J connectivity index is 3.05. The van der Waals surface area contributed by atoms with Crippen LogP contribution in [0.25, 0.3) is 0 Å². The molecule has 0 saturated carbocycles. The second kappa shape index (κ2) is 6.15. The van der Waals surface area contributed by atoms with Gasteiger partial charge in [-0.2, -0.15) is 26.3 Å². The first-order chi connectivity index (χ1) is 9.84. The Bertz CT molecular complexity index is 510. The molecule has 0 bridgehead atoms. The highest BCUT2D eigenvalue weighted by atomic mass is 19.4. The smallest absolute Gasteiger partial charge is 0.379 e. The molecule has 1 amide bonds. The number of halogens is 6. The first kappa shape index (κ1) is 18.3. The van der Waals surface area contributed by atoms with Gasteiger partial charge in [0, 0.05) is 6.54 Å². The van der Waals surface area contributed by atoms with Gasteiger partial charge in [0.1, 0.15) is 0 Å². The highest BCUT2D eigenvalue weighted by Gasteiger charge is 2.53. The first-order valence-corrected chi connectivity index (χ1v) is 6.04. The van der Waals surface area contributed by atoms with E-state index in [4.69, 9.17) is 0 Å². The molecule has 1 aromatic rings. The number of carbonyl (C=O) groups is 1. The third kappa shape index (κ3) is 4.62. The van der Waals surface area contributed by atoms with E-state index in [9.17, 15) is 36.2 Å². The third-order valence-corrected chi connectivity index (χ3v) is 2.86. The molecule has 0 aromatic heterocycles. The van der Waals surface area contributed by atoms with Gasteiger partial charge in [0.15, 0.2) is 5.60 Å².